The Morgan fingerprint density at radius 3 is 2.48 bits per heavy atom. The molecule has 1 atom stereocenters. The molecule has 1 aliphatic carbocycles. The minimum atomic E-state index is -0.176. The minimum Gasteiger partial charge on any atom is -0.365 e. The number of amides is 1. The van der Waals surface area contributed by atoms with Gasteiger partial charge in [0, 0.05) is 22.9 Å². The molecule has 2 N–H and O–H groups in total. The van der Waals surface area contributed by atoms with Crippen molar-refractivity contribution in [3.63, 3.8) is 0 Å². The van der Waals surface area contributed by atoms with Gasteiger partial charge in [-0.2, -0.15) is 0 Å². The molecule has 1 saturated carbocycles. The van der Waals surface area contributed by atoms with Crippen LogP contribution in [0.15, 0.2) is 51.9 Å². The third-order valence-electron chi connectivity index (χ3n) is 4.51. The zero-order valence-corrected chi connectivity index (χ0v) is 15.8. The summed E-state index contributed by atoms with van der Waals surface area (Å²) in [5.74, 6) is 0.552. The van der Waals surface area contributed by atoms with Crippen LogP contribution in [0.25, 0.3) is 0 Å². The van der Waals surface area contributed by atoms with E-state index in [1.807, 2.05) is 45.9 Å². The Hall–Kier alpha value is -2.43. The van der Waals surface area contributed by atoms with Crippen molar-refractivity contribution in [3.05, 3.63) is 52.6 Å². The van der Waals surface area contributed by atoms with E-state index in [4.69, 9.17) is 0 Å². The van der Waals surface area contributed by atoms with Gasteiger partial charge in [-0.1, -0.05) is 11.6 Å². The highest BCUT2D eigenvalue weighted by molar-refractivity contribution is 5.98. The lowest BCUT2D eigenvalue weighted by Gasteiger charge is -2.20. The Morgan fingerprint density at radius 1 is 1.32 bits per heavy atom. The lowest BCUT2D eigenvalue weighted by atomic mass is 10.0. The van der Waals surface area contributed by atoms with Crippen LogP contribution in [0.1, 0.15) is 59.2 Å². The molecule has 1 aliphatic rings. The van der Waals surface area contributed by atoms with Gasteiger partial charge in [-0.3, -0.25) is 9.78 Å². The monoisotopic (exact) mass is 340 g/mol. The molecule has 0 radical (unpaired) electrons. The zero-order chi connectivity index (χ0) is 18.6. The second-order valence-corrected chi connectivity index (χ2v) is 7.14. The van der Waals surface area contributed by atoms with Crippen LogP contribution in [0.5, 0.6) is 0 Å². The van der Waals surface area contributed by atoms with Crippen molar-refractivity contribution in [3.8, 4) is 0 Å². The first-order valence-corrected chi connectivity index (χ1v) is 8.63. The summed E-state index contributed by atoms with van der Waals surface area (Å²) in [5.41, 5.74) is 3.29. The SMILES string of the molecule is C=N/C(NC1(C)CC1)=C(\C)C(C(=O)NC(C)c1ccccn1)=C(C)C. The van der Waals surface area contributed by atoms with E-state index in [0.29, 0.717) is 11.4 Å². The molecular formula is C20H28N4O. The third-order valence-corrected chi connectivity index (χ3v) is 4.51. The molecule has 0 saturated heterocycles. The van der Waals surface area contributed by atoms with Crippen molar-refractivity contribution in [2.24, 2.45) is 4.99 Å². The van der Waals surface area contributed by atoms with Crippen LogP contribution in [0.4, 0.5) is 0 Å². The first-order chi connectivity index (χ1) is 11.8. The number of aliphatic imine (C=N–C) groups is 1. The molecule has 0 aromatic carbocycles. The van der Waals surface area contributed by atoms with Gasteiger partial charge in [0.2, 0.25) is 0 Å². The van der Waals surface area contributed by atoms with Gasteiger partial charge in [0.25, 0.3) is 5.91 Å². The number of hydrogen-bond donors (Lipinski definition) is 2. The van der Waals surface area contributed by atoms with E-state index < -0.39 is 0 Å². The molecular weight excluding hydrogens is 312 g/mol. The summed E-state index contributed by atoms with van der Waals surface area (Å²) in [6, 6.07) is 5.50. The van der Waals surface area contributed by atoms with Crippen LogP contribution in [0.3, 0.4) is 0 Å². The van der Waals surface area contributed by atoms with E-state index in [-0.39, 0.29) is 17.5 Å². The fourth-order valence-electron chi connectivity index (χ4n) is 2.72. The van der Waals surface area contributed by atoms with E-state index in [1.54, 1.807) is 6.20 Å². The second-order valence-electron chi connectivity index (χ2n) is 7.14. The Kier molecular flexibility index (Phi) is 5.77. The van der Waals surface area contributed by atoms with Gasteiger partial charge in [-0.05, 0) is 66.3 Å². The molecule has 1 heterocycles. The highest BCUT2D eigenvalue weighted by Crippen LogP contribution is 2.36. The summed E-state index contributed by atoms with van der Waals surface area (Å²) in [6.45, 7) is 13.5. The maximum atomic E-state index is 12.9. The van der Waals surface area contributed by atoms with E-state index in [0.717, 1.165) is 29.7 Å². The number of hydrogen-bond acceptors (Lipinski definition) is 4. The van der Waals surface area contributed by atoms with Crippen molar-refractivity contribution in [1.29, 1.82) is 0 Å². The predicted molar refractivity (Wildman–Crippen MR) is 102 cm³/mol. The molecule has 1 aromatic heterocycles. The maximum Gasteiger partial charge on any atom is 0.252 e. The van der Waals surface area contributed by atoms with Crippen molar-refractivity contribution in [1.82, 2.24) is 15.6 Å². The first kappa shape index (κ1) is 18.9. The molecule has 2 rings (SSSR count). The van der Waals surface area contributed by atoms with E-state index in [2.05, 4.69) is 34.3 Å². The van der Waals surface area contributed by atoms with Crippen molar-refractivity contribution < 1.29 is 4.79 Å². The van der Waals surface area contributed by atoms with E-state index in [1.165, 1.54) is 0 Å². The number of aromatic nitrogens is 1. The molecule has 134 valence electrons. The fraction of sp³-hybridized carbons (Fsp3) is 0.450. The molecule has 1 aromatic rings. The van der Waals surface area contributed by atoms with Gasteiger partial charge in [0.15, 0.2) is 0 Å². The second kappa shape index (κ2) is 7.64. The summed E-state index contributed by atoms with van der Waals surface area (Å²) in [7, 11) is 0. The summed E-state index contributed by atoms with van der Waals surface area (Å²) in [5, 5.41) is 6.45. The van der Waals surface area contributed by atoms with E-state index in [9.17, 15) is 4.79 Å². The van der Waals surface area contributed by atoms with E-state index >= 15 is 0 Å². The summed E-state index contributed by atoms with van der Waals surface area (Å²) < 4.78 is 0. The van der Waals surface area contributed by atoms with Crippen LogP contribution in [-0.4, -0.2) is 23.1 Å². The lowest BCUT2D eigenvalue weighted by molar-refractivity contribution is -0.118. The van der Waals surface area contributed by atoms with Crippen LogP contribution in [0.2, 0.25) is 0 Å². The normalized spacial score (nSPS) is 17.0. The molecule has 0 spiro atoms. The summed E-state index contributed by atoms with van der Waals surface area (Å²) in [6.07, 6.45) is 3.93. The van der Waals surface area contributed by atoms with Gasteiger partial charge in [-0.25, -0.2) is 4.99 Å². The number of carbonyl (C=O) groups is 1. The van der Waals surface area contributed by atoms with Crippen molar-refractivity contribution in [2.75, 3.05) is 0 Å². The van der Waals surface area contributed by atoms with Crippen LogP contribution in [0, 0.1) is 0 Å². The number of pyridine rings is 1. The number of rotatable bonds is 7. The molecule has 5 heteroatoms. The first-order valence-electron chi connectivity index (χ1n) is 8.63. The highest BCUT2D eigenvalue weighted by Gasteiger charge is 2.38. The largest absolute Gasteiger partial charge is 0.365 e. The van der Waals surface area contributed by atoms with Crippen molar-refractivity contribution >= 4 is 12.6 Å². The molecule has 0 bridgehead atoms. The Bertz CT molecular complexity index is 710. The highest BCUT2D eigenvalue weighted by atomic mass is 16.1. The molecule has 5 nitrogen and oxygen atoms in total. The number of carbonyl (C=O) groups excluding carboxylic acids is 1. The molecule has 1 fully saturated rings. The topological polar surface area (TPSA) is 66.4 Å². The standard InChI is InChI=1S/C20H28N4O/c1-13(2)17(14(3)18(21-6)24-20(5)10-11-20)19(25)23-15(4)16-9-7-8-12-22-16/h7-9,12,15,24H,6,10-11H2,1-5H3,(H,23,25)/b18-14-. The molecule has 25 heavy (non-hydrogen) atoms. The quantitative estimate of drug-likeness (QED) is 0.452. The smallest absolute Gasteiger partial charge is 0.252 e. The maximum absolute atomic E-state index is 12.9. The van der Waals surface area contributed by atoms with Gasteiger partial charge in [-0.15, -0.1) is 0 Å². The third kappa shape index (κ3) is 4.78. The number of allylic oxidation sites excluding steroid dienone is 1. The van der Waals surface area contributed by atoms with Crippen LogP contribution < -0.4 is 10.6 Å². The average molecular weight is 340 g/mol. The summed E-state index contributed by atoms with van der Waals surface area (Å²) >= 11 is 0. The minimum absolute atomic E-state index is 0.0717. The Balaban J connectivity index is 2.23. The van der Waals surface area contributed by atoms with Crippen LogP contribution in [-0.2, 0) is 4.79 Å². The number of nitrogens with zero attached hydrogens (tertiary/aromatic N) is 2. The number of nitrogens with one attached hydrogen (secondary N) is 2. The van der Waals surface area contributed by atoms with Crippen LogP contribution >= 0.6 is 0 Å². The molecule has 0 aliphatic heterocycles. The van der Waals surface area contributed by atoms with Gasteiger partial charge < -0.3 is 10.6 Å². The zero-order valence-electron chi connectivity index (χ0n) is 15.8. The lowest BCUT2D eigenvalue weighted by Crippen LogP contribution is -2.32. The van der Waals surface area contributed by atoms with Gasteiger partial charge in [0.1, 0.15) is 5.82 Å². The van der Waals surface area contributed by atoms with Crippen molar-refractivity contribution in [2.45, 2.75) is 59.0 Å². The predicted octanol–water partition coefficient (Wildman–Crippen LogP) is 3.67. The Morgan fingerprint density at radius 2 is 2.00 bits per heavy atom. The van der Waals surface area contributed by atoms with Gasteiger partial charge in [0.05, 0.1) is 11.7 Å². The van der Waals surface area contributed by atoms with Gasteiger partial charge >= 0.3 is 0 Å². The summed E-state index contributed by atoms with van der Waals surface area (Å²) in [4.78, 5) is 21.3. The molecule has 1 unspecified atom stereocenters. The Labute approximate surface area is 150 Å². The fourth-order valence-corrected chi connectivity index (χ4v) is 2.72. The molecule has 1 amide bonds. The average Bonchev–Trinajstić information content (AvgIpc) is 3.30.